The van der Waals surface area contributed by atoms with Gasteiger partial charge in [0.1, 0.15) is 6.61 Å². The van der Waals surface area contributed by atoms with Crippen molar-refractivity contribution in [2.24, 2.45) is 0 Å². The highest BCUT2D eigenvalue weighted by Gasteiger charge is 2.29. The Kier molecular flexibility index (Phi) is 7.02. The predicted molar refractivity (Wildman–Crippen MR) is 113 cm³/mol. The zero-order valence-corrected chi connectivity index (χ0v) is 18.5. The van der Waals surface area contributed by atoms with E-state index in [1.165, 1.54) is 35.5 Å². The van der Waals surface area contributed by atoms with E-state index in [1.807, 2.05) is 0 Å². The third kappa shape index (κ3) is 5.13. The molecule has 0 aliphatic carbocycles. The molecule has 1 aliphatic heterocycles. The number of amides is 1. The van der Waals surface area contributed by atoms with Crippen LogP contribution in [0.25, 0.3) is 0 Å². The van der Waals surface area contributed by atoms with E-state index in [0.717, 1.165) is 0 Å². The van der Waals surface area contributed by atoms with Gasteiger partial charge in [-0.3, -0.25) is 4.79 Å². The minimum atomic E-state index is -3.70. The van der Waals surface area contributed by atoms with E-state index in [4.69, 9.17) is 27.9 Å². The highest BCUT2D eigenvalue weighted by atomic mass is 35.5. The normalized spacial score (nSPS) is 15.1. The molecule has 30 heavy (non-hydrogen) atoms. The van der Waals surface area contributed by atoms with Gasteiger partial charge in [-0.1, -0.05) is 29.3 Å². The van der Waals surface area contributed by atoms with Gasteiger partial charge in [0.15, 0.2) is 0 Å². The topological polar surface area (TPSA) is 84.0 Å². The predicted octanol–water partition coefficient (Wildman–Crippen LogP) is 3.20. The van der Waals surface area contributed by atoms with Crippen LogP contribution in [0.1, 0.15) is 22.8 Å². The van der Waals surface area contributed by atoms with Gasteiger partial charge in [-0.25, -0.2) is 13.2 Å². The van der Waals surface area contributed by atoms with Crippen LogP contribution in [-0.4, -0.2) is 55.7 Å². The number of carbonyl (C=O) groups excluding carboxylic acids is 2. The quantitative estimate of drug-likeness (QED) is 0.626. The van der Waals surface area contributed by atoms with Gasteiger partial charge >= 0.3 is 5.97 Å². The number of carbonyl (C=O) groups is 2. The summed E-state index contributed by atoms with van der Waals surface area (Å²) in [5.41, 5.74) is 0.914. The first kappa shape index (κ1) is 22.6. The van der Waals surface area contributed by atoms with Crippen molar-refractivity contribution < 1.29 is 22.7 Å². The summed E-state index contributed by atoms with van der Waals surface area (Å²) in [6, 6.07) is 10.5. The Bertz CT molecular complexity index is 1050. The van der Waals surface area contributed by atoms with Crippen molar-refractivity contribution in [3.63, 3.8) is 0 Å². The van der Waals surface area contributed by atoms with Crippen LogP contribution < -0.4 is 0 Å². The lowest BCUT2D eigenvalue weighted by Crippen LogP contribution is -2.49. The SMILES string of the molecule is CC(=O)N1CCN(S(=O)(=O)c2ccc(C(=O)OCc3ccc(Cl)c(Cl)c3)cc2)CC1. The molecule has 0 atom stereocenters. The number of esters is 1. The molecule has 0 saturated carbocycles. The number of hydrogen-bond donors (Lipinski definition) is 0. The van der Waals surface area contributed by atoms with Crippen molar-refractivity contribution in [1.82, 2.24) is 9.21 Å². The monoisotopic (exact) mass is 470 g/mol. The molecule has 7 nitrogen and oxygen atoms in total. The summed E-state index contributed by atoms with van der Waals surface area (Å²) < 4.78 is 32.2. The highest BCUT2D eigenvalue weighted by Crippen LogP contribution is 2.23. The number of benzene rings is 2. The molecule has 0 N–H and O–H groups in total. The van der Waals surface area contributed by atoms with E-state index in [0.29, 0.717) is 28.7 Å². The maximum absolute atomic E-state index is 12.8. The third-order valence-corrected chi connectivity index (χ3v) is 7.42. The van der Waals surface area contributed by atoms with E-state index in [1.54, 1.807) is 23.1 Å². The van der Waals surface area contributed by atoms with Gasteiger partial charge in [0, 0.05) is 33.1 Å². The molecule has 2 aromatic rings. The van der Waals surface area contributed by atoms with Crippen LogP contribution in [0.2, 0.25) is 10.0 Å². The van der Waals surface area contributed by atoms with Gasteiger partial charge in [0.25, 0.3) is 0 Å². The Hall–Kier alpha value is -2.13. The largest absolute Gasteiger partial charge is 0.457 e. The van der Waals surface area contributed by atoms with Crippen LogP contribution in [0, 0.1) is 0 Å². The summed E-state index contributed by atoms with van der Waals surface area (Å²) in [7, 11) is -3.70. The molecule has 0 radical (unpaired) electrons. The van der Waals surface area contributed by atoms with Gasteiger partial charge in [0.05, 0.1) is 20.5 Å². The Morgan fingerprint density at radius 3 is 2.17 bits per heavy atom. The van der Waals surface area contributed by atoms with Gasteiger partial charge in [-0.2, -0.15) is 4.31 Å². The maximum atomic E-state index is 12.8. The Labute approximate surface area is 185 Å². The fraction of sp³-hybridized carbons (Fsp3) is 0.300. The van der Waals surface area contributed by atoms with Crippen LogP contribution in [0.5, 0.6) is 0 Å². The van der Waals surface area contributed by atoms with E-state index in [9.17, 15) is 18.0 Å². The lowest BCUT2D eigenvalue weighted by molar-refractivity contribution is -0.129. The van der Waals surface area contributed by atoms with Gasteiger partial charge in [-0.15, -0.1) is 0 Å². The van der Waals surface area contributed by atoms with Crippen molar-refractivity contribution in [2.75, 3.05) is 26.2 Å². The maximum Gasteiger partial charge on any atom is 0.338 e. The van der Waals surface area contributed by atoms with Crippen LogP contribution >= 0.6 is 23.2 Å². The number of nitrogens with zero attached hydrogens (tertiary/aromatic N) is 2. The number of halogens is 2. The number of ether oxygens (including phenoxy) is 1. The van der Waals surface area contributed by atoms with Crippen molar-refractivity contribution in [3.05, 3.63) is 63.6 Å². The van der Waals surface area contributed by atoms with Crippen LogP contribution in [-0.2, 0) is 26.2 Å². The number of rotatable bonds is 5. The summed E-state index contributed by atoms with van der Waals surface area (Å²) in [4.78, 5) is 25.4. The average Bonchev–Trinajstić information content (AvgIpc) is 2.74. The molecule has 160 valence electrons. The fourth-order valence-corrected chi connectivity index (χ4v) is 4.76. The number of piperazine rings is 1. The highest BCUT2D eigenvalue weighted by molar-refractivity contribution is 7.89. The first-order valence-corrected chi connectivity index (χ1v) is 11.3. The zero-order chi connectivity index (χ0) is 21.9. The summed E-state index contributed by atoms with van der Waals surface area (Å²) in [5, 5.41) is 0.773. The van der Waals surface area contributed by atoms with E-state index >= 15 is 0 Å². The molecule has 1 saturated heterocycles. The van der Waals surface area contributed by atoms with E-state index in [2.05, 4.69) is 0 Å². The Balaban J connectivity index is 1.63. The second-order valence-corrected chi connectivity index (χ2v) is 9.51. The van der Waals surface area contributed by atoms with Crippen molar-refractivity contribution in [3.8, 4) is 0 Å². The molecular weight excluding hydrogens is 451 g/mol. The minimum Gasteiger partial charge on any atom is -0.457 e. The average molecular weight is 471 g/mol. The van der Waals surface area contributed by atoms with Crippen molar-refractivity contribution in [1.29, 1.82) is 0 Å². The van der Waals surface area contributed by atoms with E-state index in [-0.39, 0.29) is 36.1 Å². The lowest BCUT2D eigenvalue weighted by atomic mass is 10.2. The van der Waals surface area contributed by atoms with Gasteiger partial charge in [0.2, 0.25) is 15.9 Å². The molecule has 3 rings (SSSR count). The molecule has 0 spiro atoms. The molecule has 10 heteroatoms. The smallest absolute Gasteiger partial charge is 0.338 e. The second-order valence-electron chi connectivity index (χ2n) is 6.76. The summed E-state index contributed by atoms with van der Waals surface area (Å²) >= 11 is 11.8. The summed E-state index contributed by atoms with van der Waals surface area (Å²) in [6.45, 7) is 2.64. The van der Waals surface area contributed by atoms with Crippen LogP contribution in [0.4, 0.5) is 0 Å². The van der Waals surface area contributed by atoms with Crippen molar-refractivity contribution >= 4 is 45.1 Å². The van der Waals surface area contributed by atoms with Crippen molar-refractivity contribution in [2.45, 2.75) is 18.4 Å². The molecule has 0 aromatic heterocycles. The second kappa shape index (κ2) is 9.34. The molecule has 1 fully saturated rings. The standard InChI is InChI=1S/C20H20Cl2N2O5S/c1-14(25)23-8-10-24(11-9-23)30(27,28)17-5-3-16(4-6-17)20(26)29-13-15-2-7-18(21)19(22)12-15/h2-7,12H,8-11,13H2,1H3. The van der Waals surface area contributed by atoms with Crippen LogP contribution in [0.15, 0.2) is 47.4 Å². The summed E-state index contributed by atoms with van der Waals surface area (Å²) in [5.74, 6) is -0.657. The number of hydrogen-bond acceptors (Lipinski definition) is 5. The molecule has 2 aromatic carbocycles. The molecule has 1 amide bonds. The van der Waals surface area contributed by atoms with E-state index < -0.39 is 16.0 Å². The molecular formula is C20H20Cl2N2O5S. The Morgan fingerprint density at radius 1 is 0.967 bits per heavy atom. The first-order valence-electron chi connectivity index (χ1n) is 9.15. The fourth-order valence-electron chi connectivity index (χ4n) is 3.02. The first-order chi connectivity index (χ1) is 14.2. The Morgan fingerprint density at radius 2 is 1.60 bits per heavy atom. The zero-order valence-electron chi connectivity index (χ0n) is 16.2. The molecule has 1 aliphatic rings. The summed E-state index contributed by atoms with van der Waals surface area (Å²) in [6.07, 6.45) is 0. The third-order valence-electron chi connectivity index (χ3n) is 4.77. The number of sulfonamides is 1. The molecule has 0 bridgehead atoms. The lowest BCUT2D eigenvalue weighted by Gasteiger charge is -2.33. The molecule has 0 unspecified atom stereocenters. The van der Waals surface area contributed by atoms with Crippen LogP contribution in [0.3, 0.4) is 0 Å². The van der Waals surface area contributed by atoms with Gasteiger partial charge in [-0.05, 0) is 42.0 Å². The molecule has 1 heterocycles. The minimum absolute atomic E-state index is 0.0101. The van der Waals surface area contributed by atoms with Gasteiger partial charge < -0.3 is 9.64 Å².